The van der Waals surface area contributed by atoms with Gasteiger partial charge in [-0.25, -0.2) is 9.97 Å². The summed E-state index contributed by atoms with van der Waals surface area (Å²) >= 11 is 3.33. The largest absolute Gasteiger partial charge is 0.390 e. The molecule has 0 aliphatic heterocycles. The van der Waals surface area contributed by atoms with Crippen molar-refractivity contribution in [3.8, 4) is 0 Å². The number of aryl methyl sites for hydroxylation is 1. The highest BCUT2D eigenvalue weighted by atomic mass is 79.9. The minimum atomic E-state index is -0.428. The summed E-state index contributed by atoms with van der Waals surface area (Å²) in [4.78, 5) is 8.62. The number of hydrogen-bond acceptors (Lipinski definition) is 4. The van der Waals surface area contributed by atoms with Gasteiger partial charge in [0.15, 0.2) is 0 Å². The summed E-state index contributed by atoms with van der Waals surface area (Å²) in [5, 5.41) is 13.4. The van der Waals surface area contributed by atoms with Crippen LogP contribution >= 0.6 is 15.9 Å². The Labute approximate surface area is 120 Å². The van der Waals surface area contributed by atoms with Crippen molar-refractivity contribution in [3.63, 3.8) is 0 Å². The van der Waals surface area contributed by atoms with Crippen LogP contribution in [0.5, 0.6) is 0 Å². The van der Waals surface area contributed by atoms with Crippen LogP contribution in [-0.2, 0) is 6.42 Å². The Morgan fingerprint density at radius 3 is 2.95 bits per heavy atom. The van der Waals surface area contributed by atoms with E-state index in [0.29, 0.717) is 12.2 Å². The van der Waals surface area contributed by atoms with E-state index in [2.05, 4.69) is 37.3 Å². The predicted molar refractivity (Wildman–Crippen MR) is 77.0 cm³/mol. The molecule has 0 bridgehead atoms. The molecule has 0 radical (unpaired) electrons. The van der Waals surface area contributed by atoms with E-state index in [4.69, 9.17) is 0 Å². The van der Waals surface area contributed by atoms with Gasteiger partial charge < -0.3 is 10.4 Å². The van der Waals surface area contributed by atoms with E-state index in [1.165, 1.54) is 5.56 Å². The van der Waals surface area contributed by atoms with Gasteiger partial charge in [0.25, 0.3) is 0 Å². The average Bonchev–Trinajstić information content (AvgIpc) is 2.71. The van der Waals surface area contributed by atoms with E-state index in [1.54, 1.807) is 6.20 Å². The fraction of sp³-hybridized carbons (Fsp3) is 0.286. The molecule has 2 unspecified atom stereocenters. The first-order valence-electron chi connectivity index (χ1n) is 6.16. The maximum Gasteiger partial charge on any atom is 0.145 e. The molecular formula is C14H14BrN3O. The molecule has 98 valence electrons. The minimum Gasteiger partial charge on any atom is -0.390 e. The summed E-state index contributed by atoms with van der Waals surface area (Å²) in [6.07, 6.45) is 1.92. The Morgan fingerprint density at radius 2 is 2.16 bits per heavy atom. The summed E-state index contributed by atoms with van der Waals surface area (Å²) < 4.78 is 0.741. The number of aliphatic hydroxyl groups is 1. The van der Waals surface area contributed by atoms with Gasteiger partial charge in [-0.2, -0.15) is 0 Å². The van der Waals surface area contributed by atoms with E-state index >= 15 is 0 Å². The van der Waals surface area contributed by atoms with Gasteiger partial charge in [0.1, 0.15) is 10.4 Å². The van der Waals surface area contributed by atoms with Crippen molar-refractivity contribution in [2.75, 3.05) is 5.32 Å². The van der Waals surface area contributed by atoms with Crippen molar-refractivity contribution in [2.45, 2.75) is 25.5 Å². The molecule has 0 spiro atoms. The number of aromatic nitrogens is 2. The third kappa shape index (κ3) is 2.35. The smallest absolute Gasteiger partial charge is 0.145 e. The van der Waals surface area contributed by atoms with Gasteiger partial charge in [0.2, 0.25) is 0 Å². The van der Waals surface area contributed by atoms with Crippen LogP contribution < -0.4 is 5.32 Å². The van der Waals surface area contributed by atoms with E-state index in [1.807, 2.05) is 25.1 Å². The lowest BCUT2D eigenvalue weighted by molar-refractivity contribution is 0.165. The molecule has 0 amide bonds. The normalized spacial score (nSPS) is 21.2. The van der Waals surface area contributed by atoms with Crippen LogP contribution in [0.1, 0.15) is 22.9 Å². The van der Waals surface area contributed by atoms with E-state index in [0.717, 1.165) is 15.9 Å². The second kappa shape index (κ2) is 4.90. The number of aliphatic hydroxyl groups excluding tert-OH is 1. The third-order valence-electron chi connectivity index (χ3n) is 3.39. The molecule has 1 heterocycles. The molecule has 2 N–H and O–H groups in total. The van der Waals surface area contributed by atoms with Crippen molar-refractivity contribution < 1.29 is 5.11 Å². The van der Waals surface area contributed by atoms with Gasteiger partial charge in [-0.1, -0.05) is 24.3 Å². The zero-order chi connectivity index (χ0) is 13.4. The van der Waals surface area contributed by atoms with Gasteiger partial charge in [0, 0.05) is 6.42 Å². The number of anilines is 1. The maximum absolute atomic E-state index is 10.2. The molecule has 1 aromatic heterocycles. The molecule has 3 rings (SSSR count). The fourth-order valence-corrected chi connectivity index (χ4v) is 2.63. The number of hydrogen-bond donors (Lipinski definition) is 2. The summed E-state index contributed by atoms with van der Waals surface area (Å²) in [6, 6.07) is 7.97. The third-order valence-corrected chi connectivity index (χ3v) is 4.17. The Bertz CT molecular complexity index is 617. The number of fused-ring (bicyclic) bond motifs is 1. The average molecular weight is 320 g/mol. The number of benzene rings is 1. The molecule has 2 aromatic rings. The second-order valence-corrected chi connectivity index (χ2v) is 5.47. The van der Waals surface area contributed by atoms with Crippen molar-refractivity contribution in [1.82, 2.24) is 9.97 Å². The highest BCUT2D eigenvalue weighted by Crippen LogP contribution is 2.33. The monoisotopic (exact) mass is 319 g/mol. The predicted octanol–water partition coefficient (Wildman–Crippen LogP) is 2.62. The first-order valence-corrected chi connectivity index (χ1v) is 6.96. The van der Waals surface area contributed by atoms with E-state index in [9.17, 15) is 5.11 Å². The zero-order valence-corrected chi connectivity index (χ0v) is 12.1. The van der Waals surface area contributed by atoms with E-state index in [-0.39, 0.29) is 6.04 Å². The summed E-state index contributed by atoms with van der Waals surface area (Å²) in [6.45, 7) is 1.89. The van der Waals surface area contributed by atoms with Crippen molar-refractivity contribution in [2.24, 2.45) is 0 Å². The first kappa shape index (κ1) is 12.6. The first-order chi connectivity index (χ1) is 9.15. The summed E-state index contributed by atoms with van der Waals surface area (Å²) in [5.74, 6) is 0.682. The van der Waals surface area contributed by atoms with Gasteiger partial charge in [0.05, 0.1) is 24.0 Å². The van der Waals surface area contributed by atoms with Crippen LogP contribution in [0.3, 0.4) is 0 Å². The Morgan fingerprint density at radius 1 is 1.37 bits per heavy atom. The van der Waals surface area contributed by atoms with Crippen LogP contribution in [0.25, 0.3) is 0 Å². The molecule has 5 heteroatoms. The molecular weight excluding hydrogens is 306 g/mol. The van der Waals surface area contributed by atoms with Crippen molar-refractivity contribution in [3.05, 3.63) is 51.9 Å². The lowest BCUT2D eigenvalue weighted by Crippen LogP contribution is -2.21. The van der Waals surface area contributed by atoms with Crippen LogP contribution in [0.4, 0.5) is 5.82 Å². The molecule has 1 aromatic carbocycles. The quantitative estimate of drug-likeness (QED) is 0.893. The standard InChI is InChI=1S/C14H14BrN3O/c1-8-14(15)16-7-12(17-8)18-13-10-5-3-2-4-9(10)6-11(13)19/h2-5,7,11,13,19H,6H2,1H3,(H,17,18). The lowest BCUT2D eigenvalue weighted by Gasteiger charge is -2.18. The zero-order valence-electron chi connectivity index (χ0n) is 10.5. The van der Waals surface area contributed by atoms with Crippen molar-refractivity contribution in [1.29, 1.82) is 0 Å². The van der Waals surface area contributed by atoms with Crippen molar-refractivity contribution >= 4 is 21.7 Å². The van der Waals surface area contributed by atoms with Gasteiger partial charge in [-0.3, -0.25) is 0 Å². The maximum atomic E-state index is 10.2. The van der Waals surface area contributed by atoms with Gasteiger partial charge in [-0.15, -0.1) is 0 Å². The molecule has 0 saturated carbocycles. The molecule has 0 saturated heterocycles. The second-order valence-electron chi connectivity index (χ2n) is 4.72. The Hall–Kier alpha value is -1.46. The number of rotatable bonds is 2. The molecule has 1 aliphatic rings. The minimum absolute atomic E-state index is 0.119. The number of nitrogens with one attached hydrogen (secondary N) is 1. The topological polar surface area (TPSA) is 58.0 Å². The highest BCUT2D eigenvalue weighted by molar-refractivity contribution is 9.10. The Balaban J connectivity index is 1.89. The lowest BCUT2D eigenvalue weighted by atomic mass is 10.1. The van der Waals surface area contributed by atoms with Crippen LogP contribution in [0.15, 0.2) is 35.1 Å². The van der Waals surface area contributed by atoms with Gasteiger partial charge >= 0.3 is 0 Å². The highest BCUT2D eigenvalue weighted by Gasteiger charge is 2.30. The SMILES string of the molecule is Cc1nc(NC2c3ccccc3CC2O)cnc1Br. The summed E-state index contributed by atoms with van der Waals surface area (Å²) in [7, 11) is 0. The Kier molecular flexibility index (Phi) is 3.24. The summed E-state index contributed by atoms with van der Waals surface area (Å²) in [5.41, 5.74) is 3.15. The number of nitrogens with zero attached hydrogens (tertiary/aromatic N) is 2. The molecule has 0 fully saturated rings. The molecule has 19 heavy (non-hydrogen) atoms. The van der Waals surface area contributed by atoms with Crippen LogP contribution in [0.2, 0.25) is 0 Å². The van der Waals surface area contributed by atoms with Crippen LogP contribution in [0, 0.1) is 6.92 Å². The van der Waals surface area contributed by atoms with Gasteiger partial charge in [-0.05, 0) is 34.0 Å². The van der Waals surface area contributed by atoms with Crippen LogP contribution in [-0.4, -0.2) is 21.2 Å². The van der Waals surface area contributed by atoms with E-state index < -0.39 is 6.10 Å². The number of halogens is 1. The molecule has 1 aliphatic carbocycles. The molecule has 4 nitrogen and oxygen atoms in total. The fourth-order valence-electron chi connectivity index (χ4n) is 2.44. The molecule has 2 atom stereocenters.